The van der Waals surface area contributed by atoms with Crippen LogP contribution in [0, 0.1) is 54.1 Å². The molecular formula is C32H37N3O4S. The van der Waals surface area contributed by atoms with E-state index in [2.05, 4.69) is 42.9 Å². The fourth-order valence-electron chi connectivity index (χ4n) is 8.32. The van der Waals surface area contributed by atoms with Crippen LogP contribution in [0.1, 0.15) is 55.2 Å². The minimum absolute atomic E-state index is 0.131. The second-order valence-corrected chi connectivity index (χ2v) is 14.3. The van der Waals surface area contributed by atoms with Gasteiger partial charge in [0, 0.05) is 18.3 Å². The Hall–Kier alpha value is -3.39. The van der Waals surface area contributed by atoms with Crippen LogP contribution < -0.4 is 10.0 Å². The highest BCUT2D eigenvalue weighted by Crippen LogP contribution is 2.60. The molecule has 0 heterocycles. The summed E-state index contributed by atoms with van der Waals surface area (Å²) in [6.07, 6.45) is 7.60. The van der Waals surface area contributed by atoms with Gasteiger partial charge in [0.1, 0.15) is 5.69 Å². The van der Waals surface area contributed by atoms with Gasteiger partial charge in [0.2, 0.25) is 0 Å². The minimum atomic E-state index is -4.02. The fraction of sp³-hybridized carbons (Fsp3) is 0.438. The lowest BCUT2D eigenvalue weighted by Crippen LogP contribution is -2.49. The van der Waals surface area contributed by atoms with Crippen LogP contribution in [-0.2, 0) is 10.0 Å². The molecule has 4 aliphatic rings. The van der Waals surface area contributed by atoms with Gasteiger partial charge >= 0.3 is 0 Å². The smallest absolute Gasteiger partial charge is 0.293 e. The van der Waals surface area contributed by atoms with Crippen LogP contribution in [0.15, 0.2) is 59.5 Å². The third-order valence-electron chi connectivity index (χ3n) is 9.40. The highest BCUT2D eigenvalue weighted by atomic mass is 32.2. The third kappa shape index (κ3) is 5.09. The lowest BCUT2D eigenvalue weighted by molar-refractivity contribution is -0.384. The highest BCUT2D eigenvalue weighted by Gasteiger charge is 2.50. The van der Waals surface area contributed by atoms with E-state index in [9.17, 15) is 18.5 Å². The highest BCUT2D eigenvalue weighted by molar-refractivity contribution is 7.92. The van der Waals surface area contributed by atoms with Crippen molar-refractivity contribution in [3.8, 4) is 11.1 Å². The largest absolute Gasteiger partial charge is 0.379 e. The summed E-state index contributed by atoms with van der Waals surface area (Å²) in [5.41, 5.74) is 6.43. The molecule has 0 unspecified atom stereocenters. The molecule has 4 aliphatic carbocycles. The summed E-state index contributed by atoms with van der Waals surface area (Å²) in [6, 6.07) is 15.6. The number of rotatable bonds is 8. The fourth-order valence-corrected chi connectivity index (χ4v) is 9.40. The first-order chi connectivity index (χ1) is 19.0. The molecule has 4 saturated carbocycles. The van der Waals surface area contributed by atoms with Crippen molar-refractivity contribution in [2.24, 2.45) is 23.2 Å². The molecule has 3 aromatic rings. The second kappa shape index (κ2) is 9.91. The summed E-state index contributed by atoms with van der Waals surface area (Å²) in [7, 11) is -4.02. The Morgan fingerprint density at radius 3 is 2.00 bits per heavy atom. The second-order valence-electron chi connectivity index (χ2n) is 12.7. The van der Waals surface area contributed by atoms with E-state index in [0.29, 0.717) is 17.9 Å². The van der Waals surface area contributed by atoms with Crippen molar-refractivity contribution in [2.75, 3.05) is 16.6 Å². The van der Waals surface area contributed by atoms with Gasteiger partial charge in [-0.25, -0.2) is 8.42 Å². The topological polar surface area (TPSA) is 101 Å². The summed E-state index contributed by atoms with van der Waals surface area (Å²) < 4.78 is 29.0. The molecule has 4 bridgehead atoms. The summed E-state index contributed by atoms with van der Waals surface area (Å²) in [4.78, 5) is 11.4. The first-order valence-electron chi connectivity index (χ1n) is 14.2. The van der Waals surface area contributed by atoms with Gasteiger partial charge < -0.3 is 5.32 Å². The molecule has 0 radical (unpaired) electrons. The van der Waals surface area contributed by atoms with Crippen LogP contribution in [-0.4, -0.2) is 19.9 Å². The molecule has 0 aromatic heterocycles. The number of nitro benzene ring substituents is 1. The average Bonchev–Trinajstić information content (AvgIpc) is 2.87. The molecule has 4 fully saturated rings. The predicted octanol–water partition coefficient (Wildman–Crippen LogP) is 7.62. The van der Waals surface area contributed by atoms with Crippen LogP contribution in [0.4, 0.5) is 17.1 Å². The van der Waals surface area contributed by atoms with Gasteiger partial charge in [-0.05, 0) is 129 Å². The summed E-state index contributed by atoms with van der Waals surface area (Å²) in [5, 5.41) is 15.3. The van der Waals surface area contributed by atoms with Crippen molar-refractivity contribution in [3.63, 3.8) is 0 Å². The van der Waals surface area contributed by atoms with Crippen molar-refractivity contribution in [2.45, 2.75) is 64.2 Å². The van der Waals surface area contributed by atoms with Crippen LogP contribution in [0.25, 0.3) is 11.1 Å². The molecule has 8 heteroatoms. The van der Waals surface area contributed by atoms with E-state index in [-0.39, 0.29) is 16.0 Å². The van der Waals surface area contributed by atoms with Crippen molar-refractivity contribution in [3.05, 3.63) is 81.4 Å². The van der Waals surface area contributed by atoms with Crippen LogP contribution in [0.3, 0.4) is 0 Å². The number of aryl methyl sites for hydroxylation is 3. The molecule has 7 nitrogen and oxygen atoms in total. The van der Waals surface area contributed by atoms with Gasteiger partial charge in [-0.15, -0.1) is 0 Å². The molecule has 0 amide bonds. The number of nitrogens with one attached hydrogen (secondary N) is 2. The Labute approximate surface area is 236 Å². The van der Waals surface area contributed by atoms with Crippen LogP contribution in [0.5, 0.6) is 0 Å². The number of sulfonamides is 1. The molecule has 0 spiro atoms. The minimum Gasteiger partial charge on any atom is -0.379 e. The van der Waals surface area contributed by atoms with E-state index in [4.69, 9.17) is 0 Å². The van der Waals surface area contributed by atoms with Gasteiger partial charge in [-0.1, -0.05) is 29.8 Å². The van der Waals surface area contributed by atoms with Crippen LogP contribution >= 0.6 is 0 Å². The third-order valence-corrected chi connectivity index (χ3v) is 10.8. The Morgan fingerprint density at radius 2 is 1.45 bits per heavy atom. The Kier molecular flexibility index (Phi) is 6.64. The standard InChI is InChI=1S/C32H37N3O4S/c1-20-10-21(2)31(22(3)11-20)26-4-6-27(7-5-26)34-40(38,39)28-8-9-29(30(15-28)35(36)37)33-19-32-16-23-12-24(17-32)14-25(13-23)18-32/h4-11,15,23-25,33-34H,12-14,16-19H2,1-3H3. The molecule has 2 N–H and O–H groups in total. The molecule has 3 aromatic carbocycles. The number of nitrogens with zero attached hydrogens (tertiary/aromatic N) is 1. The molecule has 0 saturated heterocycles. The molecule has 0 atom stereocenters. The number of benzene rings is 3. The Balaban J connectivity index is 1.19. The zero-order chi connectivity index (χ0) is 28.2. The monoisotopic (exact) mass is 559 g/mol. The Morgan fingerprint density at radius 1 is 0.875 bits per heavy atom. The normalized spacial score (nSPS) is 25.1. The van der Waals surface area contributed by atoms with E-state index in [0.717, 1.165) is 46.1 Å². The van der Waals surface area contributed by atoms with E-state index in [1.807, 2.05) is 12.1 Å². The van der Waals surface area contributed by atoms with Gasteiger partial charge in [0.05, 0.1) is 9.82 Å². The lowest BCUT2D eigenvalue weighted by Gasteiger charge is -2.57. The molecule has 7 rings (SSSR count). The number of anilines is 2. The lowest BCUT2D eigenvalue weighted by atomic mass is 9.49. The van der Waals surface area contributed by atoms with Crippen molar-refractivity contribution < 1.29 is 13.3 Å². The van der Waals surface area contributed by atoms with Gasteiger partial charge in [0.15, 0.2) is 0 Å². The molecule has 210 valence electrons. The maximum Gasteiger partial charge on any atom is 0.293 e. The predicted molar refractivity (Wildman–Crippen MR) is 159 cm³/mol. The van der Waals surface area contributed by atoms with Gasteiger partial charge in [-0.2, -0.15) is 0 Å². The summed E-state index contributed by atoms with van der Waals surface area (Å²) >= 11 is 0. The van der Waals surface area contributed by atoms with Crippen molar-refractivity contribution >= 4 is 27.1 Å². The first-order valence-corrected chi connectivity index (χ1v) is 15.7. The first kappa shape index (κ1) is 26.8. The maximum absolute atomic E-state index is 13.2. The summed E-state index contributed by atoms with van der Waals surface area (Å²) in [5.74, 6) is 2.38. The van der Waals surface area contributed by atoms with E-state index in [1.54, 1.807) is 18.2 Å². The molecular weight excluding hydrogens is 522 g/mol. The Bertz CT molecular complexity index is 1520. The summed E-state index contributed by atoms with van der Waals surface area (Å²) in [6.45, 7) is 6.91. The van der Waals surface area contributed by atoms with Gasteiger partial charge in [0.25, 0.3) is 15.7 Å². The maximum atomic E-state index is 13.2. The van der Waals surface area contributed by atoms with Crippen molar-refractivity contribution in [1.82, 2.24) is 0 Å². The zero-order valence-corrected chi connectivity index (χ0v) is 24.2. The van der Waals surface area contributed by atoms with E-state index < -0.39 is 14.9 Å². The SMILES string of the molecule is Cc1cc(C)c(-c2ccc(NS(=O)(=O)c3ccc(NCC45CC6CC(CC(C6)C4)C5)c([N+](=O)[O-])c3)cc2)c(C)c1. The van der Waals surface area contributed by atoms with Gasteiger partial charge in [-0.3, -0.25) is 14.8 Å². The average molecular weight is 560 g/mol. The number of hydrogen-bond donors (Lipinski definition) is 2. The quantitative estimate of drug-likeness (QED) is 0.218. The number of nitro groups is 1. The zero-order valence-electron chi connectivity index (χ0n) is 23.4. The van der Waals surface area contributed by atoms with Crippen LogP contribution in [0.2, 0.25) is 0 Å². The van der Waals surface area contributed by atoms with E-state index >= 15 is 0 Å². The van der Waals surface area contributed by atoms with Crippen molar-refractivity contribution in [1.29, 1.82) is 0 Å². The molecule has 0 aliphatic heterocycles. The number of hydrogen-bond acceptors (Lipinski definition) is 5. The molecule has 40 heavy (non-hydrogen) atoms. The van der Waals surface area contributed by atoms with E-state index in [1.165, 1.54) is 50.2 Å².